The molecule has 0 heterocycles. The highest BCUT2D eigenvalue weighted by atomic mass is 16.6. The summed E-state index contributed by atoms with van der Waals surface area (Å²) < 4.78 is 0. The lowest BCUT2D eigenvalue weighted by Gasteiger charge is -2.26. The van der Waals surface area contributed by atoms with Crippen molar-refractivity contribution in [1.29, 1.82) is 0 Å². The first kappa shape index (κ1) is 17.7. The van der Waals surface area contributed by atoms with Crippen LogP contribution < -0.4 is 0 Å². The van der Waals surface area contributed by atoms with Gasteiger partial charge < -0.3 is 4.90 Å². The second-order valence-corrected chi connectivity index (χ2v) is 6.05. The van der Waals surface area contributed by atoms with Gasteiger partial charge in [0.1, 0.15) is 0 Å². The molecule has 0 saturated carbocycles. The summed E-state index contributed by atoms with van der Waals surface area (Å²) in [6, 6.07) is 16.1. The van der Waals surface area contributed by atoms with E-state index in [9.17, 15) is 14.9 Å². The van der Waals surface area contributed by atoms with E-state index in [2.05, 4.69) is 0 Å². The minimum Gasteiger partial charge on any atom is -0.339 e. The Balaban J connectivity index is 2.07. The maximum Gasteiger partial charge on any atom is 0.269 e. The number of nitrogens with zero attached hydrogens (tertiary/aromatic N) is 2. The molecule has 2 aromatic carbocycles. The van der Waals surface area contributed by atoms with Crippen LogP contribution in [0.1, 0.15) is 43.4 Å². The number of benzene rings is 2. The number of carbonyl (C=O) groups excluding carboxylic acids is 1. The summed E-state index contributed by atoms with van der Waals surface area (Å²) in [7, 11) is 1.74. The van der Waals surface area contributed by atoms with E-state index in [0.717, 1.165) is 11.1 Å². The van der Waals surface area contributed by atoms with E-state index in [-0.39, 0.29) is 23.6 Å². The van der Waals surface area contributed by atoms with Gasteiger partial charge in [-0.3, -0.25) is 14.9 Å². The fourth-order valence-electron chi connectivity index (χ4n) is 2.64. The van der Waals surface area contributed by atoms with Crippen molar-refractivity contribution < 1.29 is 9.72 Å². The third-order valence-corrected chi connectivity index (χ3v) is 4.39. The molecule has 5 heteroatoms. The van der Waals surface area contributed by atoms with Crippen LogP contribution in [0.4, 0.5) is 5.69 Å². The highest BCUT2D eigenvalue weighted by Gasteiger charge is 2.21. The molecule has 2 atom stereocenters. The van der Waals surface area contributed by atoms with Crippen LogP contribution in [0.5, 0.6) is 0 Å². The van der Waals surface area contributed by atoms with Crippen LogP contribution in [0, 0.1) is 10.1 Å². The summed E-state index contributed by atoms with van der Waals surface area (Å²) in [6.45, 7) is 3.91. The average Bonchev–Trinajstić information content (AvgIpc) is 2.61. The van der Waals surface area contributed by atoms with Crippen molar-refractivity contribution in [2.24, 2.45) is 0 Å². The van der Waals surface area contributed by atoms with Crippen molar-refractivity contribution in [2.75, 3.05) is 7.05 Å². The molecule has 0 N–H and O–H groups in total. The van der Waals surface area contributed by atoms with Gasteiger partial charge in [0.2, 0.25) is 5.91 Å². The van der Waals surface area contributed by atoms with Crippen molar-refractivity contribution >= 4 is 11.6 Å². The van der Waals surface area contributed by atoms with E-state index < -0.39 is 4.92 Å². The molecule has 0 aliphatic heterocycles. The van der Waals surface area contributed by atoms with Gasteiger partial charge in [-0.15, -0.1) is 0 Å². The molecule has 1 amide bonds. The van der Waals surface area contributed by atoms with Crippen LogP contribution in [0.2, 0.25) is 0 Å². The van der Waals surface area contributed by atoms with Crippen molar-refractivity contribution in [1.82, 2.24) is 4.90 Å². The molecule has 2 unspecified atom stereocenters. The van der Waals surface area contributed by atoms with Gasteiger partial charge in [0.05, 0.1) is 11.0 Å². The predicted molar refractivity (Wildman–Crippen MR) is 93.8 cm³/mol. The Morgan fingerprint density at radius 3 is 2.33 bits per heavy atom. The summed E-state index contributed by atoms with van der Waals surface area (Å²) >= 11 is 0. The summed E-state index contributed by atoms with van der Waals surface area (Å²) in [5, 5.41) is 10.9. The third-order valence-electron chi connectivity index (χ3n) is 4.39. The molecule has 0 aliphatic carbocycles. The molecule has 2 rings (SSSR count). The first-order chi connectivity index (χ1) is 11.4. The molecule has 0 spiro atoms. The van der Waals surface area contributed by atoms with Crippen LogP contribution in [0.3, 0.4) is 0 Å². The first-order valence-electron chi connectivity index (χ1n) is 7.95. The molecule has 0 fully saturated rings. The molecule has 0 saturated heterocycles. The number of amides is 1. The van der Waals surface area contributed by atoms with E-state index in [1.807, 2.05) is 50.2 Å². The van der Waals surface area contributed by atoms with Gasteiger partial charge in [0, 0.05) is 25.6 Å². The maximum atomic E-state index is 12.6. The number of hydrogen-bond acceptors (Lipinski definition) is 3. The van der Waals surface area contributed by atoms with Gasteiger partial charge in [0.25, 0.3) is 5.69 Å². The van der Waals surface area contributed by atoms with Gasteiger partial charge in [-0.25, -0.2) is 0 Å². The number of hydrogen-bond donors (Lipinski definition) is 0. The lowest BCUT2D eigenvalue weighted by molar-refractivity contribution is -0.384. The average molecular weight is 326 g/mol. The number of rotatable bonds is 6. The minimum absolute atomic E-state index is 0.0189. The van der Waals surface area contributed by atoms with E-state index >= 15 is 0 Å². The van der Waals surface area contributed by atoms with Gasteiger partial charge in [0.15, 0.2) is 0 Å². The van der Waals surface area contributed by atoms with Crippen LogP contribution in [-0.2, 0) is 4.79 Å². The standard InChI is InChI=1S/C19H22N2O3/c1-14(16-8-5-4-6-9-16)12-19(22)20(3)15(2)17-10-7-11-18(13-17)21(23)24/h4-11,13-15H,12H2,1-3H3. The number of nitro groups is 1. The van der Waals surface area contributed by atoms with E-state index in [1.54, 1.807) is 18.0 Å². The van der Waals surface area contributed by atoms with Crippen molar-refractivity contribution in [3.05, 3.63) is 75.8 Å². The summed E-state index contributed by atoms with van der Waals surface area (Å²) in [5.41, 5.74) is 1.92. The van der Waals surface area contributed by atoms with E-state index in [4.69, 9.17) is 0 Å². The molecule has 126 valence electrons. The second-order valence-electron chi connectivity index (χ2n) is 6.05. The monoisotopic (exact) mass is 326 g/mol. The molecular weight excluding hydrogens is 304 g/mol. The Morgan fingerprint density at radius 1 is 1.08 bits per heavy atom. The molecule has 0 aromatic heterocycles. The zero-order chi connectivity index (χ0) is 17.7. The Labute approximate surface area is 142 Å². The Hall–Kier alpha value is -2.69. The van der Waals surface area contributed by atoms with Gasteiger partial charge in [-0.2, -0.15) is 0 Å². The predicted octanol–water partition coefficient (Wildman–Crippen LogP) is 4.31. The Kier molecular flexibility index (Phi) is 5.68. The highest BCUT2D eigenvalue weighted by molar-refractivity contribution is 5.77. The second kappa shape index (κ2) is 7.73. The van der Waals surface area contributed by atoms with Crippen LogP contribution in [-0.4, -0.2) is 22.8 Å². The fourth-order valence-corrected chi connectivity index (χ4v) is 2.64. The summed E-state index contributed by atoms with van der Waals surface area (Å²) in [4.78, 5) is 24.7. The quantitative estimate of drug-likeness (QED) is 0.587. The lowest BCUT2D eigenvalue weighted by atomic mass is 9.96. The van der Waals surface area contributed by atoms with Gasteiger partial charge in [-0.1, -0.05) is 49.4 Å². The highest BCUT2D eigenvalue weighted by Crippen LogP contribution is 2.26. The largest absolute Gasteiger partial charge is 0.339 e. The van der Waals surface area contributed by atoms with Gasteiger partial charge >= 0.3 is 0 Å². The number of non-ortho nitro benzene ring substituents is 1. The summed E-state index contributed by atoms with van der Waals surface area (Å²) in [6.07, 6.45) is 0.403. The fraction of sp³-hybridized carbons (Fsp3) is 0.316. The topological polar surface area (TPSA) is 63.5 Å². The molecule has 5 nitrogen and oxygen atoms in total. The minimum atomic E-state index is -0.421. The normalized spacial score (nSPS) is 13.1. The van der Waals surface area contributed by atoms with Gasteiger partial charge in [-0.05, 0) is 24.0 Å². The zero-order valence-corrected chi connectivity index (χ0v) is 14.2. The molecule has 0 aliphatic rings. The van der Waals surface area contributed by atoms with Crippen molar-refractivity contribution in [3.63, 3.8) is 0 Å². The maximum absolute atomic E-state index is 12.6. The lowest BCUT2D eigenvalue weighted by Crippen LogP contribution is -2.30. The van der Waals surface area contributed by atoms with E-state index in [1.165, 1.54) is 12.1 Å². The Bertz CT molecular complexity index is 716. The molecule has 0 radical (unpaired) electrons. The molecule has 24 heavy (non-hydrogen) atoms. The van der Waals surface area contributed by atoms with E-state index in [0.29, 0.717) is 6.42 Å². The smallest absolute Gasteiger partial charge is 0.269 e. The first-order valence-corrected chi connectivity index (χ1v) is 7.95. The Morgan fingerprint density at radius 2 is 1.71 bits per heavy atom. The van der Waals surface area contributed by atoms with Crippen LogP contribution in [0.25, 0.3) is 0 Å². The van der Waals surface area contributed by atoms with Crippen LogP contribution in [0.15, 0.2) is 54.6 Å². The van der Waals surface area contributed by atoms with Crippen LogP contribution >= 0.6 is 0 Å². The summed E-state index contributed by atoms with van der Waals surface area (Å²) in [5.74, 6) is 0.142. The molecule has 0 bridgehead atoms. The van der Waals surface area contributed by atoms with Crippen molar-refractivity contribution in [2.45, 2.75) is 32.2 Å². The SMILES string of the molecule is CC(CC(=O)N(C)C(C)c1cccc([N+](=O)[O-])c1)c1ccccc1. The molecular formula is C19H22N2O3. The number of nitro benzene ring substituents is 1. The molecule has 2 aromatic rings. The van der Waals surface area contributed by atoms with Crippen molar-refractivity contribution in [3.8, 4) is 0 Å². The third kappa shape index (κ3) is 4.19. The zero-order valence-electron chi connectivity index (χ0n) is 14.2. The number of carbonyl (C=O) groups is 1.